The molecule has 14 heavy (non-hydrogen) atoms. The van der Waals surface area contributed by atoms with Crippen LogP contribution >= 0.6 is 0 Å². The Bertz CT molecular complexity index is 209. The van der Waals surface area contributed by atoms with Crippen LogP contribution in [-0.2, 0) is 4.79 Å². The second-order valence-electron chi connectivity index (χ2n) is 3.03. The summed E-state index contributed by atoms with van der Waals surface area (Å²) in [6, 6.07) is -1.57. The number of hydrazone groups is 1. The predicted octanol–water partition coefficient (Wildman–Crippen LogP) is -2.19. The van der Waals surface area contributed by atoms with Crippen LogP contribution in [0.2, 0.25) is 0 Å². The Balaban J connectivity index is 3.85. The fraction of sp³-hybridized carbons (Fsp3) is 0.714. The zero-order valence-corrected chi connectivity index (χ0v) is 7.71. The first-order valence-electron chi connectivity index (χ1n) is 4.12. The highest BCUT2D eigenvalue weighted by molar-refractivity contribution is 5.73. The van der Waals surface area contributed by atoms with Gasteiger partial charge in [0.25, 0.3) is 0 Å². The van der Waals surface area contributed by atoms with E-state index in [2.05, 4.69) is 5.10 Å². The van der Waals surface area contributed by atoms with Crippen LogP contribution in [0.25, 0.3) is 0 Å². The second kappa shape index (κ2) is 6.30. The Kier molecular flexibility index (Phi) is 5.77. The zero-order chi connectivity index (χ0) is 11.1. The molecule has 0 aromatic heterocycles. The topological polar surface area (TPSA) is 148 Å². The van der Waals surface area contributed by atoms with Crippen LogP contribution in [0.1, 0.15) is 12.8 Å². The average molecular weight is 204 g/mol. The van der Waals surface area contributed by atoms with E-state index in [0.717, 1.165) is 0 Å². The number of rotatable bonds is 6. The third kappa shape index (κ3) is 5.46. The van der Waals surface area contributed by atoms with Gasteiger partial charge in [0.1, 0.15) is 6.04 Å². The fourth-order valence-corrected chi connectivity index (χ4v) is 0.976. The molecule has 7 heteroatoms. The van der Waals surface area contributed by atoms with Crippen LogP contribution in [0.15, 0.2) is 5.10 Å². The predicted molar refractivity (Wildman–Crippen MR) is 51.5 cm³/mol. The summed E-state index contributed by atoms with van der Waals surface area (Å²) in [4.78, 5) is 10.3. The number of nitrogens with two attached hydrogens (primary N) is 3. The lowest BCUT2D eigenvalue weighted by atomic mass is 10.0. The molecule has 0 radical (unpaired) electrons. The number of carbonyl (C=O) groups is 1. The number of aliphatic hydroxyl groups excluding tert-OH is 1. The van der Waals surface area contributed by atoms with Gasteiger partial charge in [0.2, 0.25) is 0 Å². The molecule has 0 saturated heterocycles. The molecule has 7 nitrogen and oxygen atoms in total. The summed E-state index contributed by atoms with van der Waals surface area (Å²) >= 11 is 0. The summed E-state index contributed by atoms with van der Waals surface area (Å²) in [5.41, 5.74) is 10.7. The van der Waals surface area contributed by atoms with Crippen molar-refractivity contribution >= 4 is 12.2 Å². The molecule has 0 bridgehead atoms. The van der Waals surface area contributed by atoms with Crippen molar-refractivity contribution in [3.8, 4) is 0 Å². The molecule has 2 unspecified atom stereocenters. The molecule has 0 aromatic rings. The van der Waals surface area contributed by atoms with Crippen molar-refractivity contribution in [3.05, 3.63) is 0 Å². The molecule has 8 N–H and O–H groups in total. The van der Waals surface area contributed by atoms with Crippen LogP contribution < -0.4 is 17.3 Å². The minimum atomic E-state index is -1.15. The number of hydrogen-bond acceptors (Lipinski definition) is 6. The third-order valence-electron chi connectivity index (χ3n) is 1.66. The molecule has 0 amide bonds. The van der Waals surface area contributed by atoms with Crippen molar-refractivity contribution in [3.63, 3.8) is 0 Å². The van der Waals surface area contributed by atoms with Crippen LogP contribution in [0.4, 0.5) is 0 Å². The van der Waals surface area contributed by atoms with Gasteiger partial charge in [-0.15, -0.1) is 0 Å². The molecule has 0 aliphatic heterocycles. The van der Waals surface area contributed by atoms with Gasteiger partial charge >= 0.3 is 5.97 Å². The van der Waals surface area contributed by atoms with Gasteiger partial charge < -0.3 is 27.5 Å². The molecule has 82 valence electrons. The lowest BCUT2D eigenvalue weighted by Gasteiger charge is -2.15. The van der Waals surface area contributed by atoms with Crippen molar-refractivity contribution in [2.45, 2.75) is 31.0 Å². The first-order chi connectivity index (χ1) is 6.47. The summed E-state index contributed by atoms with van der Waals surface area (Å²) in [6.07, 6.45) is 0.549. The maximum atomic E-state index is 10.3. The Morgan fingerprint density at radius 2 is 2.00 bits per heavy atom. The molecule has 0 fully saturated rings. The minimum Gasteiger partial charge on any atom is -0.480 e. The van der Waals surface area contributed by atoms with Crippen molar-refractivity contribution < 1.29 is 15.0 Å². The molecule has 0 spiro atoms. The highest BCUT2D eigenvalue weighted by Gasteiger charge is 2.18. The van der Waals surface area contributed by atoms with Gasteiger partial charge in [-0.25, -0.2) is 0 Å². The van der Waals surface area contributed by atoms with E-state index in [1.54, 1.807) is 0 Å². The molecule has 0 aromatic carbocycles. The molecular formula is C7H16N4O3. The Labute approximate surface area is 81.6 Å². The molecule has 0 saturated carbocycles. The fourth-order valence-electron chi connectivity index (χ4n) is 0.976. The number of hydrogen-bond donors (Lipinski definition) is 5. The number of carboxylic acid groups (broad SMARTS) is 1. The van der Waals surface area contributed by atoms with Gasteiger partial charge in [-0.1, -0.05) is 0 Å². The highest BCUT2D eigenvalue weighted by atomic mass is 16.4. The smallest absolute Gasteiger partial charge is 0.320 e. The summed E-state index contributed by atoms with van der Waals surface area (Å²) in [7, 11) is 0. The van der Waals surface area contributed by atoms with Crippen LogP contribution in [0.3, 0.4) is 0 Å². The van der Waals surface area contributed by atoms with Gasteiger partial charge in [-0.2, -0.15) is 5.10 Å². The largest absolute Gasteiger partial charge is 0.480 e. The summed E-state index contributed by atoms with van der Waals surface area (Å²) < 4.78 is 0. The molecule has 0 aliphatic carbocycles. The lowest BCUT2D eigenvalue weighted by Crippen LogP contribution is -2.36. The monoisotopic (exact) mass is 204 g/mol. The number of aliphatic hydroxyl groups is 1. The number of aliphatic carboxylic acids is 1. The zero-order valence-electron chi connectivity index (χ0n) is 7.71. The van der Waals surface area contributed by atoms with E-state index < -0.39 is 24.2 Å². The SMILES string of the molecule is NN=CC(N)CC(O)C[C@H](N)C(=O)O. The Hall–Kier alpha value is -1.18. The van der Waals surface area contributed by atoms with Crippen molar-refractivity contribution in [2.24, 2.45) is 22.4 Å². The number of nitrogens with zero attached hydrogens (tertiary/aromatic N) is 1. The van der Waals surface area contributed by atoms with Crippen LogP contribution in [-0.4, -0.2) is 40.6 Å². The van der Waals surface area contributed by atoms with E-state index in [1.807, 2.05) is 0 Å². The number of carboxylic acids is 1. The van der Waals surface area contributed by atoms with Crippen molar-refractivity contribution in [1.29, 1.82) is 0 Å². The van der Waals surface area contributed by atoms with E-state index in [9.17, 15) is 9.90 Å². The standard InChI is InChI=1S/C7H16N4O3/c8-4(3-11-10)1-5(12)2-6(9)7(13)14/h3-6,12H,1-2,8-10H2,(H,13,14)/t4?,5?,6-/m0/s1. The third-order valence-corrected chi connectivity index (χ3v) is 1.66. The maximum absolute atomic E-state index is 10.3. The minimum absolute atomic E-state index is 0.0402. The Morgan fingerprint density at radius 3 is 2.43 bits per heavy atom. The van der Waals surface area contributed by atoms with Gasteiger partial charge in [-0.05, 0) is 12.8 Å². The normalized spacial score (nSPS) is 17.9. The highest BCUT2D eigenvalue weighted by Crippen LogP contribution is 2.02. The van der Waals surface area contributed by atoms with E-state index in [1.165, 1.54) is 6.21 Å². The summed E-state index contributed by atoms with van der Waals surface area (Å²) in [5.74, 6) is 3.70. The molecular weight excluding hydrogens is 188 g/mol. The van der Waals surface area contributed by atoms with Crippen molar-refractivity contribution in [1.82, 2.24) is 0 Å². The van der Waals surface area contributed by atoms with E-state index in [-0.39, 0.29) is 12.8 Å². The Morgan fingerprint density at radius 1 is 1.43 bits per heavy atom. The summed E-state index contributed by atoms with van der Waals surface area (Å²) in [5, 5.41) is 21.0. The van der Waals surface area contributed by atoms with Crippen LogP contribution in [0.5, 0.6) is 0 Å². The van der Waals surface area contributed by atoms with Gasteiger partial charge in [-0.3, -0.25) is 4.79 Å². The lowest BCUT2D eigenvalue weighted by molar-refractivity contribution is -0.139. The second-order valence-corrected chi connectivity index (χ2v) is 3.03. The van der Waals surface area contributed by atoms with Gasteiger partial charge in [0, 0.05) is 12.3 Å². The van der Waals surface area contributed by atoms with Gasteiger partial charge in [0.15, 0.2) is 0 Å². The maximum Gasteiger partial charge on any atom is 0.320 e. The molecule has 0 heterocycles. The van der Waals surface area contributed by atoms with Crippen molar-refractivity contribution in [2.75, 3.05) is 0 Å². The van der Waals surface area contributed by atoms with E-state index in [0.29, 0.717) is 0 Å². The van der Waals surface area contributed by atoms with E-state index in [4.69, 9.17) is 22.4 Å². The first kappa shape index (κ1) is 12.8. The molecule has 0 aliphatic rings. The van der Waals surface area contributed by atoms with E-state index >= 15 is 0 Å². The molecule has 3 atom stereocenters. The summed E-state index contributed by atoms with van der Waals surface area (Å²) in [6.45, 7) is 0. The van der Waals surface area contributed by atoms with Crippen LogP contribution in [0, 0.1) is 0 Å². The first-order valence-corrected chi connectivity index (χ1v) is 4.12. The quantitative estimate of drug-likeness (QED) is 0.188. The average Bonchev–Trinajstić information content (AvgIpc) is 2.03. The molecule has 0 rings (SSSR count). The van der Waals surface area contributed by atoms with Gasteiger partial charge in [0.05, 0.1) is 6.10 Å².